The first-order chi connectivity index (χ1) is 8.21. The molecule has 3 rings (SSSR count). The maximum atomic E-state index is 13.1. The molecule has 0 radical (unpaired) electrons. The number of alkyl halides is 1. The predicted octanol–water partition coefficient (Wildman–Crippen LogP) is 3.93. The number of rotatable bonds is 3. The highest BCUT2D eigenvalue weighted by Crippen LogP contribution is 2.47. The average molecular weight is 255 g/mol. The average Bonchev–Trinajstić information content (AvgIpc) is 2.65. The first-order valence-electron chi connectivity index (χ1n) is 6.22. The van der Waals surface area contributed by atoms with E-state index in [4.69, 9.17) is 16.3 Å². The van der Waals surface area contributed by atoms with Crippen LogP contribution in [0.2, 0.25) is 0 Å². The van der Waals surface area contributed by atoms with Crippen LogP contribution < -0.4 is 4.74 Å². The zero-order valence-corrected chi connectivity index (χ0v) is 10.5. The third-order valence-corrected chi connectivity index (χ3v) is 4.69. The van der Waals surface area contributed by atoms with E-state index in [1.165, 1.54) is 25.3 Å². The van der Waals surface area contributed by atoms with E-state index in [2.05, 4.69) is 0 Å². The molecule has 0 saturated heterocycles. The molecule has 1 aromatic carbocycles. The summed E-state index contributed by atoms with van der Waals surface area (Å²) in [5.41, 5.74) is 1.28. The van der Waals surface area contributed by atoms with Gasteiger partial charge in [0.25, 0.3) is 0 Å². The molecule has 17 heavy (non-hydrogen) atoms. The Bertz CT molecular complexity index is 423. The molecule has 1 aliphatic carbocycles. The Morgan fingerprint density at radius 1 is 1.41 bits per heavy atom. The van der Waals surface area contributed by atoms with Crippen molar-refractivity contribution in [2.24, 2.45) is 5.41 Å². The summed E-state index contributed by atoms with van der Waals surface area (Å²) in [5.74, 6) is 1.39. The lowest BCUT2D eigenvalue weighted by atomic mass is 9.67. The minimum Gasteiger partial charge on any atom is -0.490 e. The monoisotopic (exact) mass is 254 g/mol. The maximum absolute atomic E-state index is 13.1. The molecule has 1 saturated carbocycles. The van der Waals surface area contributed by atoms with Crippen LogP contribution >= 0.6 is 11.6 Å². The molecular formula is C14H16ClFO. The zero-order chi connectivity index (χ0) is 11.9. The lowest BCUT2D eigenvalue weighted by molar-refractivity contribution is 0.0823. The summed E-state index contributed by atoms with van der Waals surface area (Å²) < 4.78 is 19.0. The number of hydrogen-bond donors (Lipinski definition) is 0. The number of hydrogen-bond acceptors (Lipinski definition) is 1. The van der Waals surface area contributed by atoms with Gasteiger partial charge in [0.1, 0.15) is 17.7 Å². The van der Waals surface area contributed by atoms with Crippen molar-refractivity contribution in [3.63, 3.8) is 0 Å². The van der Waals surface area contributed by atoms with E-state index in [1.54, 1.807) is 12.1 Å². The molecule has 0 amide bonds. The minimum atomic E-state index is -0.177. The molecule has 1 aromatic rings. The third kappa shape index (κ3) is 2.03. The lowest BCUT2D eigenvalue weighted by Crippen LogP contribution is -2.36. The van der Waals surface area contributed by atoms with Crippen LogP contribution in [-0.2, 0) is 6.42 Å². The Labute approximate surface area is 106 Å². The Hall–Kier alpha value is -0.760. The van der Waals surface area contributed by atoms with Crippen molar-refractivity contribution in [3.05, 3.63) is 29.6 Å². The highest BCUT2D eigenvalue weighted by molar-refractivity contribution is 6.18. The highest BCUT2D eigenvalue weighted by Gasteiger charge is 2.40. The van der Waals surface area contributed by atoms with Gasteiger partial charge in [0.05, 0.1) is 0 Å². The van der Waals surface area contributed by atoms with Crippen LogP contribution in [0.25, 0.3) is 0 Å². The number of benzene rings is 1. The summed E-state index contributed by atoms with van der Waals surface area (Å²) in [4.78, 5) is 0. The molecular weight excluding hydrogens is 239 g/mol. The first kappa shape index (κ1) is 11.3. The fraction of sp³-hybridized carbons (Fsp3) is 0.571. The summed E-state index contributed by atoms with van der Waals surface area (Å²) in [5, 5.41) is 0. The van der Waals surface area contributed by atoms with Crippen molar-refractivity contribution in [3.8, 4) is 5.75 Å². The Morgan fingerprint density at radius 2 is 2.24 bits per heavy atom. The van der Waals surface area contributed by atoms with E-state index in [0.29, 0.717) is 0 Å². The second-order valence-corrected chi connectivity index (χ2v) is 5.65. The van der Waals surface area contributed by atoms with Crippen LogP contribution in [0.3, 0.4) is 0 Å². The Morgan fingerprint density at radius 3 is 2.88 bits per heavy atom. The predicted molar refractivity (Wildman–Crippen MR) is 66.1 cm³/mol. The van der Waals surface area contributed by atoms with Crippen LogP contribution in [0.1, 0.15) is 31.2 Å². The smallest absolute Gasteiger partial charge is 0.123 e. The molecule has 3 heteroatoms. The quantitative estimate of drug-likeness (QED) is 0.743. The fourth-order valence-corrected chi connectivity index (χ4v) is 3.33. The summed E-state index contributed by atoms with van der Waals surface area (Å²) >= 11 is 6.06. The molecule has 0 bridgehead atoms. The van der Waals surface area contributed by atoms with Gasteiger partial charge < -0.3 is 4.74 Å². The van der Waals surface area contributed by atoms with Crippen LogP contribution in [0.4, 0.5) is 4.39 Å². The zero-order valence-electron chi connectivity index (χ0n) is 9.72. The van der Waals surface area contributed by atoms with Crippen molar-refractivity contribution >= 4 is 11.6 Å². The van der Waals surface area contributed by atoms with Gasteiger partial charge in [-0.05, 0) is 42.9 Å². The molecule has 2 aliphatic rings. The molecule has 0 N–H and O–H groups in total. The van der Waals surface area contributed by atoms with E-state index < -0.39 is 0 Å². The van der Waals surface area contributed by atoms with Crippen LogP contribution in [0.15, 0.2) is 18.2 Å². The van der Waals surface area contributed by atoms with Gasteiger partial charge in [0.15, 0.2) is 0 Å². The van der Waals surface area contributed by atoms with Crippen LogP contribution in [0.5, 0.6) is 5.75 Å². The third-order valence-electron chi connectivity index (χ3n) is 4.12. The van der Waals surface area contributed by atoms with Crippen molar-refractivity contribution in [2.45, 2.75) is 38.2 Å². The van der Waals surface area contributed by atoms with Gasteiger partial charge in [0, 0.05) is 17.9 Å². The number of fused-ring (bicyclic) bond motifs is 1. The van der Waals surface area contributed by atoms with Crippen molar-refractivity contribution in [1.29, 1.82) is 0 Å². The van der Waals surface area contributed by atoms with E-state index in [0.717, 1.165) is 30.0 Å². The maximum Gasteiger partial charge on any atom is 0.123 e. The molecule has 0 spiro atoms. The van der Waals surface area contributed by atoms with Gasteiger partial charge in [-0.1, -0.05) is 6.42 Å². The number of ether oxygens (including phenoxy) is 1. The summed E-state index contributed by atoms with van der Waals surface area (Å²) in [6.45, 7) is 0. The SMILES string of the molecule is Fc1ccc2c(c1)CC(CC1(CCl)CCC1)O2. The van der Waals surface area contributed by atoms with E-state index in [-0.39, 0.29) is 17.3 Å². The number of halogens is 2. The van der Waals surface area contributed by atoms with Crippen molar-refractivity contribution in [2.75, 3.05) is 5.88 Å². The van der Waals surface area contributed by atoms with E-state index in [1.807, 2.05) is 0 Å². The second-order valence-electron chi connectivity index (χ2n) is 5.39. The van der Waals surface area contributed by atoms with Crippen molar-refractivity contribution in [1.82, 2.24) is 0 Å². The summed E-state index contributed by atoms with van der Waals surface area (Å²) in [7, 11) is 0. The van der Waals surface area contributed by atoms with Crippen LogP contribution in [-0.4, -0.2) is 12.0 Å². The van der Waals surface area contributed by atoms with Gasteiger partial charge in [-0.15, -0.1) is 11.6 Å². The Kier molecular flexibility index (Phi) is 2.78. The fourth-order valence-electron chi connectivity index (χ4n) is 2.95. The van der Waals surface area contributed by atoms with E-state index in [9.17, 15) is 4.39 Å². The van der Waals surface area contributed by atoms with Crippen molar-refractivity contribution < 1.29 is 9.13 Å². The normalized spacial score (nSPS) is 24.9. The van der Waals surface area contributed by atoms with Gasteiger partial charge in [0.2, 0.25) is 0 Å². The summed E-state index contributed by atoms with van der Waals surface area (Å²) in [6.07, 6.45) is 5.72. The second kappa shape index (κ2) is 4.16. The highest BCUT2D eigenvalue weighted by atomic mass is 35.5. The molecule has 1 unspecified atom stereocenters. The van der Waals surface area contributed by atoms with Gasteiger partial charge in [-0.2, -0.15) is 0 Å². The van der Waals surface area contributed by atoms with Gasteiger partial charge in [-0.3, -0.25) is 0 Å². The minimum absolute atomic E-state index is 0.177. The molecule has 1 aliphatic heterocycles. The molecule has 1 fully saturated rings. The standard InChI is InChI=1S/C14H16ClFO/c15-9-14(4-1-5-14)8-12-7-10-6-11(16)2-3-13(10)17-12/h2-3,6,12H,1,4-5,7-9H2. The molecule has 92 valence electrons. The molecule has 1 heterocycles. The van der Waals surface area contributed by atoms with Crippen LogP contribution in [0, 0.1) is 11.2 Å². The first-order valence-corrected chi connectivity index (χ1v) is 6.75. The van der Waals surface area contributed by atoms with E-state index >= 15 is 0 Å². The lowest BCUT2D eigenvalue weighted by Gasteiger charge is -2.41. The van der Waals surface area contributed by atoms with Gasteiger partial charge >= 0.3 is 0 Å². The molecule has 0 aromatic heterocycles. The summed E-state index contributed by atoms with van der Waals surface area (Å²) in [6, 6.07) is 4.78. The molecule has 1 nitrogen and oxygen atoms in total. The topological polar surface area (TPSA) is 9.23 Å². The Balaban J connectivity index is 1.70. The van der Waals surface area contributed by atoms with Gasteiger partial charge in [-0.25, -0.2) is 4.39 Å². The molecule has 1 atom stereocenters. The largest absolute Gasteiger partial charge is 0.490 e.